The second kappa shape index (κ2) is 5.37. The van der Waals surface area contributed by atoms with Crippen molar-refractivity contribution in [1.29, 1.82) is 0 Å². The molecule has 2 heterocycles. The number of nitrogens with zero attached hydrogens (tertiary/aromatic N) is 1. The molecule has 1 saturated carbocycles. The molecule has 132 valence electrons. The molecule has 1 aromatic carbocycles. The highest BCUT2D eigenvalue weighted by atomic mass is 16.5. The van der Waals surface area contributed by atoms with Crippen LogP contribution in [0.1, 0.15) is 44.2 Å². The minimum Gasteiger partial charge on any atom is -0.493 e. The number of rotatable bonds is 4. The molecule has 2 aliphatic heterocycles. The molecule has 0 spiro atoms. The molecule has 4 heteroatoms. The molecule has 24 heavy (non-hydrogen) atoms. The zero-order chi connectivity index (χ0) is 17.1. The van der Waals surface area contributed by atoms with Crippen LogP contribution < -0.4 is 15.2 Å². The second-order valence-electron chi connectivity index (χ2n) is 8.53. The van der Waals surface area contributed by atoms with Gasteiger partial charge in [0.15, 0.2) is 11.5 Å². The molecular weight excluding hydrogens is 300 g/mol. The quantitative estimate of drug-likeness (QED) is 0.921. The lowest BCUT2D eigenvalue weighted by Crippen LogP contribution is -2.61. The predicted octanol–water partition coefficient (Wildman–Crippen LogP) is 3.13. The van der Waals surface area contributed by atoms with Crippen LogP contribution in [0.25, 0.3) is 0 Å². The highest BCUT2D eigenvalue weighted by Crippen LogP contribution is 2.65. The van der Waals surface area contributed by atoms with Crippen molar-refractivity contribution >= 4 is 0 Å². The summed E-state index contributed by atoms with van der Waals surface area (Å²) < 4.78 is 11.0. The van der Waals surface area contributed by atoms with Crippen molar-refractivity contribution in [3.05, 3.63) is 23.3 Å². The van der Waals surface area contributed by atoms with E-state index in [9.17, 15) is 0 Å². The predicted molar refractivity (Wildman–Crippen MR) is 95.3 cm³/mol. The van der Waals surface area contributed by atoms with Gasteiger partial charge in [-0.25, -0.2) is 0 Å². The van der Waals surface area contributed by atoms with Gasteiger partial charge < -0.3 is 15.2 Å². The van der Waals surface area contributed by atoms with E-state index in [0.29, 0.717) is 5.41 Å². The Labute approximate surface area is 145 Å². The molecule has 0 radical (unpaired) electrons. The summed E-state index contributed by atoms with van der Waals surface area (Å²) in [6, 6.07) is 4.25. The van der Waals surface area contributed by atoms with E-state index in [1.165, 1.54) is 24.0 Å². The molecule has 4 rings (SSSR count). The first-order valence-electron chi connectivity index (χ1n) is 9.21. The lowest BCUT2D eigenvalue weighted by atomic mass is 9.77. The summed E-state index contributed by atoms with van der Waals surface area (Å²) in [6.45, 7) is 6.89. The molecular formula is C20H30N2O2. The summed E-state index contributed by atoms with van der Waals surface area (Å²) in [5.74, 6) is 3.14. The van der Waals surface area contributed by atoms with Gasteiger partial charge in [-0.1, -0.05) is 13.8 Å². The third kappa shape index (κ3) is 2.26. The number of hydrogen-bond donors (Lipinski definition) is 1. The molecule has 3 aliphatic rings. The summed E-state index contributed by atoms with van der Waals surface area (Å²) in [4.78, 5) is 2.55. The minimum atomic E-state index is -0.339. The number of fused-ring (bicyclic) bond motifs is 4. The van der Waals surface area contributed by atoms with Crippen LogP contribution in [0.3, 0.4) is 0 Å². The van der Waals surface area contributed by atoms with Crippen LogP contribution in [0.4, 0.5) is 0 Å². The Morgan fingerprint density at radius 2 is 1.92 bits per heavy atom. The average Bonchev–Trinajstić information content (AvgIpc) is 3.21. The Kier molecular flexibility index (Phi) is 3.63. The van der Waals surface area contributed by atoms with E-state index in [-0.39, 0.29) is 5.66 Å². The van der Waals surface area contributed by atoms with E-state index in [0.717, 1.165) is 49.3 Å². The van der Waals surface area contributed by atoms with Crippen LogP contribution in [0.5, 0.6) is 11.5 Å². The van der Waals surface area contributed by atoms with E-state index in [2.05, 4.69) is 30.9 Å². The molecule has 1 aliphatic carbocycles. The molecule has 3 atom stereocenters. The van der Waals surface area contributed by atoms with Crippen LogP contribution in [0.2, 0.25) is 0 Å². The SMILES string of the molecule is COc1cc2c(cc1OC)C1(N)CC3CC3(CC(C)C)CN1CC2. The molecule has 0 amide bonds. The molecule has 2 N–H and O–H groups in total. The molecule has 4 nitrogen and oxygen atoms in total. The van der Waals surface area contributed by atoms with Gasteiger partial charge in [-0.15, -0.1) is 0 Å². The fraction of sp³-hybridized carbons (Fsp3) is 0.700. The van der Waals surface area contributed by atoms with Crippen LogP contribution in [-0.4, -0.2) is 32.2 Å². The fourth-order valence-electron chi connectivity index (χ4n) is 5.41. The van der Waals surface area contributed by atoms with Gasteiger partial charge in [-0.05, 0) is 66.2 Å². The van der Waals surface area contributed by atoms with Crippen molar-refractivity contribution < 1.29 is 9.47 Å². The smallest absolute Gasteiger partial charge is 0.161 e. The lowest BCUT2D eigenvalue weighted by molar-refractivity contribution is 0.000877. The Hall–Kier alpha value is -1.26. The van der Waals surface area contributed by atoms with Gasteiger partial charge in [0.25, 0.3) is 0 Å². The maximum atomic E-state index is 7.03. The Balaban J connectivity index is 1.69. The van der Waals surface area contributed by atoms with Crippen molar-refractivity contribution in [3.63, 3.8) is 0 Å². The number of nitrogens with two attached hydrogens (primary N) is 1. The van der Waals surface area contributed by atoms with E-state index in [4.69, 9.17) is 15.2 Å². The number of methoxy groups -OCH3 is 2. The van der Waals surface area contributed by atoms with Gasteiger partial charge >= 0.3 is 0 Å². The molecule has 0 aromatic heterocycles. The summed E-state index contributed by atoms with van der Waals surface area (Å²) in [5, 5.41) is 0. The van der Waals surface area contributed by atoms with Gasteiger partial charge in [0.05, 0.1) is 19.9 Å². The zero-order valence-corrected chi connectivity index (χ0v) is 15.4. The van der Waals surface area contributed by atoms with Crippen LogP contribution in [0, 0.1) is 17.3 Å². The first kappa shape index (κ1) is 16.2. The first-order chi connectivity index (χ1) is 11.4. The Morgan fingerprint density at radius 1 is 1.21 bits per heavy atom. The van der Waals surface area contributed by atoms with E-state index >= 15 is 0 Å². The van der Waals surface area contributed by atoms with Crippen LogP contribution >= 0.6 is 0 Å². The van der Waals surface area contributed by atoms with Gasteiger partial charge in [-0.2, -0.15) is 0 Å². The maximum absolute atomic E-state index is 7.03. The standard InChI is InChI=1S/C20H30N2O2/c1-13(2)9-19-10-15(19)11-20(21)16-8-18(24-4)17(23-3)7-14(16)5-6-22(20)12-19/h7-8,13,15H,5-6,9-12,21H2,1-4H3. The van der Waals surface area contributed by atoms with Crippen molar-refractivity contribution in [1.82, 2.24) is 4.90 Å². The Bertz CT molecular complexity index is 659. The minimum absolute atomic E-state index is 0.339. The number of ether oxygens (including phenoxy) is 2. The number of benzene rings is 1. The van der Waals surface area contributed by atoms with Crippen LogP contribution in [-0.2, 0) is 12.1 Å². The second-order valence-corrected chi connectivity index (χ2v) is 8.53. The number of hydrogen-bond acceptors (Lipinski definition) is 4. The van der Waals surface area contributed by atoms with Gasteiger partial charge in [0.1, 0.15) is 0 Å². The summed E-state index contributed by atoms with van der Waals surface area (Å²) in [6.07, 6.45) is 4.80. The average molecular weight is 330 g/mol. The fourth-order valence-corrected chi connectivity index (χ4v) is 5.41. The summed E-state index contributed by atoms with van der Waals surface area (Å²) in [7, 11) is 3.39. The highest BCUT2D eigenvalue weighted by Gasteiger charge is 2.62. The summed E-state index contributed by atoms with van der Waals surface area (Å²) in [5.41, 5.74) is 9.79. The normalized spacial score (nSPS) is 34.3. The van der Waals surface area contributed by atoms with Crippen molar-refractivity contribution in [2.75, 3.05) is 27.3 Å². The molecule has 3 unspecified atom stereocenters. The van der Waals surface area contributed by atoms with Gasteiger partial charge in [-0.3, -0.25) is 4.90 Å². The molecule has 0 bridgehead atoms. The topological polar surface area (TPSA) is 47.7 Å². The summed E-state index contributed by atoms with van der Waals surface area (Å²) >= 11 is 0. The van der Waals surface area contributed by atoms with E-state index < -0.39 is 0 Å². The van der Waals surface area contributed by atoms with Crippen LogP contribution in [0.15, 0.2) is 12.1 Å². The van der Waals surface area contributed by atoms with Gasteiger partial charge in [0, 0.05) is 13.1 Å². The van der Waals surface area contributed by atoms with Crippen molar-refractivity contribution in [3.8, 4) is 11.5 Å². The van der Waals surface area contributed by atoms with E-state index in [1.807, 2.05) is 0 Å². The highest BCUT2D eigenvalue weighted by molar-refractivity contribution is 5.51. The van der Waals surface area contributed by atoms with Gasteiger partial charge in [0.2, 0.25) is 0 Å². The molecule has 1 saturated heterocycles. The monoisotopic (exact) mass is 330 g/mol. The van der Waals surface area contributed by atoms with Crippen molar-refractivity contribution in [2.24, 2.45) is 23.0 Å². The third-order valence-corrected chi connectivity index (χ3v) is 6.53. The maximum Gasteiger partial charge on any atom is 0.161 e. The molecule has 2 fully saturated rings. The first-order valence-corrected chi connectivity index (χ1v) is 9.21. The number of piperidine rings is 1. The van der Waals surface area contributed by atoms with E-state index in [1.54, 1.807) is 14.2 Å². The Morgan fingerprint density at radius 3 is 2.58 bits per heavy atom. The molecule has 1 aromatic rings. The zero-order valence-electron chi connectivity index (χ0n) is 15.4. The third-order valence-electron chi connectivity index (χ3n) is 6.53. The van der Waals surface area contributed by atoms with Crippen molar-refractivity contribution in [2.45, 2.75) is 45.2 Å². The lowest BCUT2D eigenvalue weighted by Gasteiger charge is -2.51. The largest absolute Gasteiger partial charge is 0.493 e.